The normalized spacial score (nSPS) is 11.5. The minimum atomic E-state index is -3.47. The van der Waals surface area contributed by atoms with Crippen molar-refractivity contribution in [1.82, 2.24) is 9.71 Å². The van der Waals surface area contributed by atoms with E-state index in [2.05, 4.69) is 16.6 Å². The number of benzene rings is 1. The molecule has 0 bridgehead atoms. The molecule has 1 heterocycles. The van der Waals surface area contributed by atoms with Crippen LogP contribution in [-0.2, 0) is 23.0 Å². The molecule has 0 aliphatic carbocycles. The maximum absolute atomic E-state index is 12.3. The molecule has 2 aromatic rings. The highest BCUT2D eigenvalue weighted by Crippen LogP contribution is 2.13. The minimum Gasteiger partial charge on any atom is -0.265 e. The van der Waals surface area contributed by atoms with Crippen LogP contribution in [0.4, 0.5) is 0 Å². The summed E-state index contributed by atoms with van der Waals surface area (Å²) < 4.78 is 27.2. The van der Waals surface area contributed by atoms with Gasteiger partial charge in [-0.2, -0.15) is 0 Å². The lowest BCUT2D eigenvalue weighted by atomic mass is 10.1. The first kappa shape index (κ1) is 17.6. The van der Waals surface area contributed by atoms with Crippen LogP contribution < -0.4 is 4.72 Å². The van der Waals surface area contributed by atoms with Gasteiger partial charge in [0.15, 0.2) is 0 Å². The number of aryl methyl sites for hydroxylation is 1. The van der Waals surface area contributed by atoms with Gasteiger partial charge >= 0.3 is 0 Å². The highest BCUT2D eigenvalue weighted by Gasteiger charge is 2.13. The van der Waals surface area contributed by atoms with E-state index in [1.54, 1.807) is 36.7 Å². The maximum Gasteiger partial charge on any atom is 0.240 e. The van der Waals surface area contributed by atoms with Gasteiger partial charge < -0.3 is 0 Å². The van der Waals surface area contributed by atoms with Crippen LogP contribution in [0.1, 0.15) is 43.7 Å². The summed E-state index contributed by atoms with van der Waals surface area (Å²) in [7, 11) is -3.47. The lowest BCUT2D eigenvalue weighted by Crippen LogP contribution is -2.23. The van der Waals surface area contributed by atoms with Crippen LogP contribution in [0.2, 0.25) is 0 Å². The minimum absolute atomic E-state index is 0.267. The fraction of sp³-hybridized carbons (Fsp3) is 0.389. The van der Waals surface area contributed by atoms with E-state index in [0.717, 1.165) is 18.4 Å². The summed E-state index contributed by atoms with van der Waals surface area (Å²) in [4.78, 5) is 4.23. The van der Waals surface area contributed by atoms with E-state index in [1.165, 1.54) is 24.8 Å². The number of unbranched alkanes of at least 4 members (excludes halogenated alkanes) is 3. The van der Waals surface area contributed by atoms with Crippen LogP contribution >= 0.6 is 0 Å². The molecule has 0 fully saturated rings. The van der Waals surface area contributed by atoms with Crippen LogP contribution in [-0.4, -0.2) is 13.4 Å². The average Bonchev–Trinajstić information content (AvgIpc) is 2.58. The van der Waals surface area contributed by atoms with Crippen molar-refractivity contribution in [3.63, 3.8) is 0 Å². The van der Waals surface area contributed by atoms with Gasteiger partial charge in [0.1, 0.15) is 0 Å². The molecule has 1 aromatic carbocycles. The first-order valence-corrected chi connectivity index (χ1v) is 9.57. The topological polar surface area (TPSA) is 59.1 Å². The van der Waals surface area contributed by atoms with Gasteiger partial charge in [-0.15, -0.1) is 0 Å². The van der Waals surface area contributed by atoms with Crippen molar-refractivity contribution in [2.24, 2.45) is 0 Å². The Morgan fingerprint density at radius 3 is 2.26 bits per heavy atom. The Hall–Kier alpha value is -1.72. The summed E-state index contributed by atoms with van der Waals surface area (Å²) in [6.45, 7) is 2.46. The average molecular weight is 332 g/mol. The first-order valence-electron chi connectivity index (χ1n) is 8.09. The lowest BCUT2D eigenvalue weighted by molar-refractivity contribution is 0.581. The molecule has 0 radical (unpaired) electrons. The molecule has 2 rings (SSSR count). The largest absolute Gasteiger partial charge is 0.265 e. The van der Waals surface area contributed by atoms with Crippen LogP contribution in [0, 0.1) is 0 Å². The van der Waals surface area contributed by atoms with Gasteiger partial charge in [-0.3, -0.25) is 4.98 Å². The molecule has 0 atom stereocenters. The SMILES string of the molecule is CCCCCCc1ccc(S(=O)(=O)NCc2ccncc2)cc1. The number of nitrogens with zero attached hydrogens (tertiary/aromatic N) is 1. The van der Waals surface area contributed by atoms with E-state index in [4.69, 9.17) is 0 Å². The second-order valence-electron chi connectivity index (χ2n) is 5.63. The molecule has 1 aromatic heterocycles. The van der Waals surface area contributed by atoms with E-state index in [0.29, 0.717) is 4.90 Å². The van der Waals surface area contributed by atoms with Gasteiger partial charge in [0.25, 0.3) is 0 Å². The van der Waals surface area contributed by atoms with E-state index in [1.807, 2.05) is 12.1 Å². The third-order valence-electron chi connectivity index (χ3n) is 3.77. The third-order valence-corrected chi connectivity index (χ3v) is 5.19. The molecule has 0 aliphatic rings. The van der Waals surface area contributed by atoms with Crippen molar-refractivity contribution in [2.75, 3.05) is 0 Å². The van der Waals surface area contributed by atoms with Crippen molar-refractivity contribution in [1.29, 1.82) is 0 Å². The molecule has 5 heteroatoms. The van der Waals surface area contributed by atoms with E-state index in [-0.39, 0.29) is 6.54 Å². The second kappa shape index (κ2) is 8.79. The molecular weight excluding hydrogens is 308 g/mol. The zero-order valence-electron chi connectivity index (χ0n) is 13.5. The highest BCUT2D eigenvalue weighted by molar-refractivity contribution is 7.89. The predicted molar refractivity (Wildman–Crippen MR) is 92.6 cm³/mol. The number of nitrogens with one attached hydrogen (secondary N) is 1. The van der Waals surface area contributed by atoms with Crippen molar-refractivity contribution in [3.05, 3.63) is 59.9 Å². The van der Waals surface area contributed by atoms with Gasteiger partial charge in [-0.25, -0.2) is 13.1 Å². The quantitative estimate of drug-likeness (QED) is 0.713. The highest BCUT2D eigenvalue weighted by atomic mass is 32.2. The molecule has 23 heavy (non-hydrogen) atoms. The first-order chi connectivity index (χ1) is 11.1. The monoisotopic (exact) mass is 332 g/mol. The Kier molecular flexibility index (Phi) is 6.74. The van der Waals surface area contributed by atoms with Gasteiger partial charge in [-0.1, -0.05) is 38.3 Å². The van der Waals surface area contributed by atoms with Crippen molar-refractivity contribution < 1.29 is 8.42 Å². The lowest BCUT2D eigenvalue weighted by Gasteiger charge is -2.08. The smallest absolute Gasteiger partial charge is 0.240 e. The molecule has 0 unspecified atom stereocenters. The number of hydrogen-bond donors (Lipinski definition) is 1. The van der Waals surface area contributed by atoms with Crippen LogP contribution in [0.3, 0.4) is 0 Å². The zero-order chi connectivity index (χ0) is 16.5. The fourth-order valence-corrected chi connectivity index (χ4v) is 3.37. The van der Waals surface area contributed by atoms with E-state index in [9.17, 15) is 8.42 Å². The Morgan fingerprint density at radius 2 is 1.61 bits per heavy atom. The van der Waals surface area contributed by atoms with E-state index < -0.39 is 10.0 Å². The summed E-state index contributed by atoms with van der Waals surface area (Å²) in [5, 5.41) is 0. The van der Waals surface area contributed by atoms with Crippen LogP contribution in [0.25, 0.3) is 0 Å². The second-order valence-corrected chi connectivity index (χ2v) is 7.40. The Balaban J connectivity index is 1.92. The number of rotatable bonds is 9. The van der Waals surface area contributed by atoms with Crippen molar-refractivity contribution in [2.45, 2.75) is 50.5 Å². The molecule has 1 N–H and O–H groups in total. The van der Waals surface area contributed by atoms with Gasteiger partial charge in [0.2, 0.25) is 10.0 Å². The molecule has 0 amide bonds. The van der Waals surface area contributed by atoms with Gasteiger partial charge in [-0.05, 0) is 48.2 Å². The summed E-state index contributed by atoms with van der Waals surface area (Å²) in [5.74, 6) is 0. The van der Waals surface area contributed by atoms with Crippen LogP contribution in [0.15, 0.2) is 53.7 Å². The predicted octanol–water partition coefficient (Wildman–Crippen LogP) is 3.68. The zero-order valence-corrected chi connectivity index (χ0v) is 14.3. The third kappa shape index (κ3) is 5.77. The van der Waals surface area contributed by atoms with Gasteiger partial charge in [0.05, 0.1) is 4.90 Å². The number of sulfonamides is 1. The standard InChI is InChI=1S/C18H24N2O2S/c1-2-3-4-5-6-16-7-9-18(10-8-16)23(21,22)20-15-17-11-13-19-14-12-17/h7-14,20H,2-6,15H2,1H3. The molecule has 4 nitrogen and oxygen atoms in total. The van der Waals surface area contributed by atoms with E-state index >= 15 is 0 Å². The Morgan fingerprint density at radius 1 is 0.913 bits per heavy atom. The Bertz CT molecular complexity index is 683. The fourth-order valence-electron chi connectivity index (χ4n) is 2.35. The number of pyridine rings is 1. The molecule has 0 saturated heterocycles. The Labute approximate surface area is 139 Å². The number of hydrogen-bond acceptors (Lipinski definition) is 3. The summed E-state index contributed by atoms with van der Waals surface area (Å²) >= 11 is 0. The van der Waals surface area contributed by atoms with Crippen molar-refractivity contribution in [3.8, 4) is 0 Å². The molecule has 124 valence electrons. The molecular formula is C18H24N2O2S. The molecule has 0 spiro atoms. The molecule has 0 saturated carbocycles. The number of aromatic nitrogens is 1. The maximum atomic E-state index is 12.3. The molecule has 0 aliphatic heterocycles. The van der Waals surface area contributed by atoms with Gasteiger partial charge in [0, 0.05) is 18.9 Å². The van der Waals surface area contributed by atoms with Crippen LogP contribution in [0.5, 0.6) is 0 Å². The summed E-state index contributed by atoms with van der Waals surface area (Å²) in [6, 6.07) is 10.8. The van der Waals surface area contributed by atoms with Crippen molar-refractivity contribution >= 4 is 10.0 Å². The summed E-state index contributed by atoms with van der Waals surface area (Å²) in [5.41, 5.74) is 2.07. The summed E-state index contributed by atoms with van der Waals surface area (Å²) in [6.07, 6.45) is 9.16.